The monoisotopic (exact) mass is 356 g/mol. The number of thioether (sulfide) groups is 1. The Bertz CT molecular complexity index is 456. The van der Waals surface area contributed by atoms with Crippen molar-refractivity contribution in [3.63, 3.8) is 0 Å². The molecular formula is C14H20ClF3N2OS. The van der Waals surface area contributed by atoms with Gasteiger partial charge in [0.2, 0.25) is 0 Å². The lowest BCUT2D eigenvalue weighted by molar-refractivity contribution is -0.0328. The van der Waals surface area contributed by atoms with E-state index in [4.69, 9.17) is 0 Å². The van der Waals surface area contributed by atoms with Crippen molar-refractivity contribution in [1.82, 2.24) is 10.2 Å². The molecule has 0 amide bonds. The van der Waals surface area contributed by atoms with E-state index in [1.165, 1.54) is 6.07 Å². The normalized spacial score (nSPS) is 17.8. The third kappa shape index (κ3) is 5.62. The molecule has 1 heterocycles. The maximum Gasteiger partial charge on any atom is 0.446 e. The molecule has 1 aromatic carbocycles. The number of aliphatic hydroxyl groups is 1. The van der Waals surface area contributed by atoms with Crippen molar-refractivity contribution in [2.45, 2.75) is 22.9 Å². The van der Waals surface area contributed by atoms with Gasteiger partial charge in [-0.3, -0.25) is 4.90 Å². The molecule has 0 aliphatic carbocycles. The Balaban J connectivity index is 0.00000242. The number of hydrogen-bond acceptors (Lipinski definition) is 4. The standard InChI is InChI=1S/C14H19F3N2OS.ClH/c15-14(16,17)21-13-4-2-1-3-11(13)12(5-10-20)19-8-6-18-7-9-19;/h1-4,12,18,20H,5-10H2;1H/t12-;/m1./s1. The van der Waals surface area contributed by atoms with Crippen molar-refractivity contribution in [3.05, 3.63) is 29.8 Å². The van der Waals surface area contributed by atoms with Crippen LogP contribution in [0.5, 0.6) is 0 Å². The number of piperazine rings is 1. The van der Waals surface area contributed by atoms with Gasteiger partial charge in [0.05, 0.1) is 0 Å². The van der Waals surface area contributed by atoms with Crippen LogP contribution in [0, 0.1) is 0 Å². The largest absolute Gasteiger partial charge is 0.446 e. The zero-order valence-corrected chi connectivity index (χ0v) is 13.6. The molecule has 0 radical (unpaired) electrons. The van der Waals surface area contributed by atoms with E-state index in [9.17, 15) is 18.3 Å². The molecule has 1 aromatic rings. The summed E-state index contributed by atoms with van der Waals surface area (Å²) in [6, 6.07) is 6.42. The van der Waals surface area contributed by atoms with E-state index >= 15 is 0 Å². The topological polar surface area (TPSA) is 35.5 Å². The fourth-order valence-electron chi connectivity index (χ4n) is 2.62. The van der Waals surface area contributed by atoms with Crippen LogP contribution in [0.25, 0.3) is 0 Å². The van der Waals surface area contributed by atoms with Crippen LogP contribution in [0.2, 0.25) is 0 Å². The molecule has 1 aliphatic rings. The molecule has 126 valence electrons. The van der Waals surface area contributed by atoms with Gasteiger partial charge in [-0.25, -0.2) is 0 Å². The molecule has 3 nitrogen and oxygen atoms in total. The maximum absolute atomic E-state index is 12.7. The summed E-state index contributed by atoms with van der Waals surface area (Å²) in [5.41, 5.74) is -3.65. The summed E-state index contributed by atoms with van der Waals surface area (Å²) in [6.07, 6.45) is 0.440. The van der Waals surface area contributed by atoms with Gasteiger partial charge in [0.1, 0.15) is 0 Å². The highest BCUT2D eigenvalue weighted by Crippen LogP contribution is 2.41. The average Bonchev–Trinajstić information content (AvgIpc) is 2.45. The van der Waals surface area contributed by atoms with E-state index in [0.717, 1.165) is 26.2 Å². The van der Waals surface area contributed by atoms with Crippen molar-refractivity contribution >= 4 is 24.2 Å². The number of nitrogens with one attached hydrogen (secondary N) is 1. The molecule has 2 rings (SSSR count). The van der Waals surface area contributed by atoms with Crippen molar-refractivity contribution in [1.29, 1.82) is 0 Å². The van der Waals surface area contributed by atoms with Crippen LogP contribution < -0.4 is 5.32 Å². The van der Waals surface area contributed by atoms with Crippen molar-refractivity contribution in [3.8, 4) is 0 Å². The Morgan fingerprint density at radius 3 is 2.45 bits per heavy atom. The third-order valence-electron chi connectivity index (χ3n) is 3.50. The average molecular weight is 357 g/mol. The van der Waals surface area contributed by atoms with E-state index in [1.54, 1.807) is 18.2 Å². The van der Waals surface area contributed by atoms with Crippen LogP contribution in [-0.4, -0.2) is 48.3 Å². The van der Waals surface area contributed by atoms with Gasteiger partial charge in [-0.1, -0.05) is 18.2 Å². The zero-order valence-electron chi connectivity index (χ0n) is 12.0. The number of halogens is 4. The summed E-state index contributed by atoms with van der Waals surface area (Å²) in [5.74, 6) is 0. The SMILES string of the molecule is Cl.OCC[C@H](c1ccccc1SC(F)(F)F)N1CCNCC1. The second kappa shape index (κ2) is 8.98. The lowest BCUT2D eigenvalue weighted by atomic mass is 10.0. The zero-order chi connectivity index (χ0) is 15.3. The highest BCUT2D eigenvalue weighted by Gasteiger charge is 2.32. The van der Waals surface area contributed by atoms with Gasteiger partial charge < -0.3 is 10.4 Å². The molecule has 2 N–H and O–H groups in total. The molecule has 0 unspecified atom stereocenters. The fourth-order valence-corrected chi connectivity index (χ4v) is 3.34. The summed E-state index contributed by atoms with van der Waals surface area (Å²) >= 11 is -0.0784. The Morgan fingerprint density at radius 2 is 1.86 bits per heavy atom. The van der Waals surface area contributed by atoms with E-state index < -0.39 is 5.51 Å². The Morgan fingerprint density at radius 1 is 1.23 bits per heavy atom. The first kappa shape index (κ1) is 19.6. The number of nitrogens with zero attached hydrogens (tertiary/aromatic N) is 1. The van der Waals surface area contributed by atoms with Crippen molar-refractivity contribution in [2.24, 2.45) is 0 Å². The van der Waals surface area contributed by atoms with E-state index in [2.05, 4.69) is 10.2 Å². The molecule has 8 heteroatoms. The molecular weight excluding hydrogens is 337 g/mol. The van der Waals surface area contributed by atoms with E-state index in [1.807, 2.05) is 0 Å². The van der Waals surface area contributed by atoms with Gasteiger partial charge >= 0.3 is 5.51 Å². The molecule has 1 fully saturated rings. The van der Waals surface area contributed by atoms with E-state index in [-0.39, 0.29) is 41.7 Å². The third-order valence-corrected chi connectivity index (χ3v) is 4.32. The van der Waals surface area contributed by atoms with Crippen LogP contribution in [-0.2, 0) is 0 Å². The minimum absolute atomic E-state index is 0. The summed E-state index contributed by atoms with van der Waals surface area (Å²) in [4.78, 5) is 2.37. The van der Waals surface area contributed by atoms with Gasteiger partial charge in [-0.2, -0.15) is 13.2 Å². The quantitative estimate of drug-likeness (QED) is 0.795. The predicted octanol–water partition coefficient (Wildman–Crippen LogP) is 3.05. The Kier molecular flexibility index (Phi) is 7.99. The van der Waals surface area contributed by atoms with Crippen LogP contribution in [0.15, 0.2) is 29.2 Å². The predicted molar refractivity (Wildman–Crippen MR) is 84.5 cm³/mol. The summed E-state index contributed by atoms with van der Waals surface area (Å²) < 4.78 is 38.1. The van der Waals surface area contributed by atoms with Crippen LogP contribution in [0.1, 0.15) is 18.0 Å². The summed E-state index contributed by atoms with van der Waals surface area (Å²) in [5, 5.41) is 12.5. The number of aliphatic hydroxyl groups excluding tert-OH is 1. The van der Waals surface area contributed by atoms with Gasteiger partial charge in [0.25, 0.3) is 0 Å². The summed E-state index contributed by atoms with van der Waals surface area (Å²) in [7, 11) is 0. The van der Waals surface area contributed by atoms with Gasteiger partial charge in [-0.05, 0) is 29.8 Å². The number of alkyl halides is 3. The molecule has 0 spiro atoms. The van der Waals surface area contributed by atoms with Gasteiger partial charge in [0, 0.05) is 43.7 Å². The smallest absolute Gasteiger partial charge is 0.396 e. The Hall–Kier alpha value is -0.470. The number of benzene rings is 1. The molecule has 22 heavy (non-hydrogen) atoms. The van der Waals surface area contributed by atoms with Crippen LogP contribution in [0.4, 0.5) is 13.2 Å². The minimum Gasteiger partial charge on any atom is -0.396 e. The lowest BCUT2D eigenvalue weighted by Gasteiger charge is -2.35. The van der Waals surface area contributed by atoms with Gasteiger partial charge in [0.15, 0.2) is 0 Å². The molecule has 1 saturated heterocycles. The second-order valence-corrected chi connectivity index (χ2v) is 6.01. The first-order chi connectivity index (χ1) is 10.0. The highest BCUT2D eigenvalue weighted by molar-refractivity contribution is 8.00. The van der Waals surface area contributed by atoms with Crippen LogP contribution in [0.3, 0.4) is 0 Å². The molecule has 1 aliphatic heterocycles. The Labute approximate surface area is 138 Å². The number of rotatable bonds is 5. The first-order valence-corrected chi connectivity index (χ1v) is 7.73. The lowest BCUT2D eigenvalue weighted by Crippen LogP contribution is -2.45. The molecule has 0 aromatic heterocycles. The van der Waals surface area contributed by atoms with Crippen molar-refractivity contribution in [2.75, 3.05) is 32.8 Å². The van der Waals surface area contributed by atoms with E-state index in [0.29, 0.717) is 12.0 Å². The maximum atomic E-state index is 12.7. The minimum atomic E-state index is -4.30. The first-order valence-electron chi connectivity index (χ1n) is 6.91. The van der Waals surface area contributed by atoms with Gasteiger partial charge in [-0.15, -0.1) is 12.4 Å². The highest BCUT2D eigenvalue weighted by atomic mass is 35.5. The fraction of sp³-hybridized carbons (Fsp3) is 0.571. The van der Waals surface area contributed by atoms with Crippen molar-refractivity contribution < 1.29 is 18.3 Å². The molecule has 0 bridgehead atoms. The summed E-state index contributed by atoms with van der Waals surface area (Å²) in [6.45, 7) is 3.14. The molecule has 1 atom stereocenters. The van der Waals surface area contributed by atoms with Crippen LogP contribution >= 0.6 is 24.2 Å². The molecule has 0 saturated carbocycles. The second-order valence-electron chi connectivity index (χ2n) is 4.90. The number of hydrogen-bond donors (Lipinski definition) is 2.